The highest BCUT2D eigenvalue weighted by molar-refractivity contribution is 6.13. The third-order valence-electron chi connectivity index (χ3n) is 8.26. The molecule has 7 aromatic rings. The minimum Gasteiger partial charge on any atom is -0.309 e. The van der Waals surface area contributed by atoms with Crippen molar-refractivity contribution < 1.29 is 13.2 Å². The summed E-state index contributed by atoms with van der Waals surface area (Å²) in [5, 5.41) is 1.63. The van der Waals surface area contributed by atoms with Crippen LogP contribution in [0.15, 0.2) is 152 Å². The number of nitrogens with zero attached hydrogens (tertiary/aromatic N) is 3. The summed E-state index contributed by atoms with van der Waals surface area (Å²) < 4.78 is 43.9. The Bertz CT molecular complexity index is 2120. The number of benzene rings is 4. The van der Waals surface area contributed by atoms with Crippen LogP contribution in [0.1, 0.15) is 6.92 Å². The molecule has 3 aromatic heterocycles. The molecule has 4 aromatic carbocycles. The van der Waals surface area contributed by atoms with Gasteiger partial charge in [-0.1, -0.05) is 97.6 Å². The largest absolute Gasteiger partial charge is 0.417 e. The fourth-order valence-corrected chi connectivity index (χ4v) is 6.13. The number of hydrogen-bond donors (Lipinski definition) is 0. The third kappa shape index (κ3) is 5.08. The summed E-state index contributed by atoms with van der Waals surface area (Å²) in [6.07, 6.45) is 0.411. The van der Waals surface area contributed by atoms with Crippen LogP contribution in [0, 0.1) is 0 Å². The van der Waals surface area contributed by atoms with E-state index in [0.29, 0.717) is 11.0 Å². The Kier molecular flexibility index (Phi) is 7.33. The lowest BCUT2D eigenvalue weighted by molar-refractivity contribution is -0.0871. The molecule has 0 saturated heterocycles. The fraction of sp³-hybridized carbons (Fsp3) is 0.0500. The van der Waals surface area contributed by atoms with Crippen LogP contribution in [-0.2, 0) is 0 Å². The first-order valence-electron chi connectivity index (χ1n) is 14.9. The maximum absolute atomic E-state index is 14.1. The van der Waals surface area contributed by atoms with Gasteiger partial charge in [0.25, 0.3) is 0 Å². The molecule has 0 aliphatic rings. The van der Waals surface area contributed by atoms with Crippen molar-refractivity contribution in [3.63, 3.8) is 0 Å². The topological polar surface area (TPSA) is 30.7 Å². The molecule has 3 nitrogen and oxygen atoms in total. The molecule has 0 spiro atoms. The zero-order valence-corrected chi connectivity index (χ0v) is 25.0. The van der Waals surface area contributed by atoms with E-state index in [1.807, 2.05) is 121 Å². The Morgan fingerprint density at radius 2 is 1.07 bits per heavy atom. The summed E-state index contributed by atoms with van der Waals surface area (Å²) in [5.41, 5.74) is 7.67. The normalized spacial score (nSPS) is 12.1. The van der Waals surface area contributed by atoms with Gasteiger partial charge in [0, 0.05) is 45.4 Å². The summed E-state index contributed by atoms with van der Waals surface area (Å²) in [4.78, 5) is 9.40. The molecule has 0 unspecified atom stereocenters. The van der Waals surface area contributed by atoms with Gasteiger partial charge in [0.2, 0.25) is 0 Å². The molecule has 224 valence electrons. The highest BCUT2D eigenvalue weighted by atomic mass is 19.4. The molecule has 0 bridgehead atoms. The molecular weight excluding hydrogens is 579 g/mol. The van der Waals surface area contributed by atoms with Crippen LogP contribution in [0.4, 0.5) is 13.2 Å². The third-order valence-corrected chi connectivity index (χ3v) is 8.26. The van der Waals surface area contributed by atoms with E-state index in [-0.39, 0.29) is 5.70 Å². The van der Waals surface area contributed by atoms with E-state index in [0.717, 1.165) is 55.5 Å². The van der Waals surface area contributed by atoms with Gasteiger partial charge in [0.15, 0.2) is 0 Å². The van der Waals surface area contributed by atoms with Crippen LogP contribution in [0.25, 0.3) is 72.3 Å². The molecule has 0 fully saturated rings. The first-order valence-corrected chi connectivity index (χ1v) is 14.9. The molecule has 0 saturated carbocycles. The summed E-state index contributed by atoms with van der Waals surface area (Å²) >= 11 is 0. The number of aromatic nitrogens is 3. The van der Waals surface area contributed by atoms with Gasteiger partial charge in [-0.3, -0.25) is 9.97 Å². The van der Waals surface area contributed by atoms with E-state index in [4.69, 9.17) is 9.97 Å². The van der Waals surface area contributed by atoms with Crippen LogP contribution in [0.2, 0.25) is 0 Å². The van der Waals surface area contributed by atoms with Crippen molar-refractivity contribution in [1.29, 1.82) is 0 Å². The van der Waals surface area contributed by atoms with Crippen molar-refractivity contribution in [2.24, 2.45) is 0 Å². The number of fused-ring (bicyclic) bond motifs is 3. The minimum absolute atomic E-state index is 0.00861. The van der Waals surface area contributed by atoms with Gasteiger partial charge in [-0.05, 0) is 54.4 Å². The molecule has 0 N–H and O–H groups in total. The van der Waals surface area contributed by atoms with Crippen LogP contribution < -0.4 is 0 Å². The highest BCUT2D eigenvalue weighted by Gasteiger charge is 2.35. The monoisotopic (exact) mass is 607 g/mol. The SMILES string of the molecule is C=C(/C(=C\C)n1c2ccc(-c3cccnc3-c3ccccc3)cc2c2cc(-c3cccnc3-c3ccccc3)ccc21)C(F)(F)F. The maximum Gasteiger partial charge on any atom is 0.417 e. The number of hydrogen-bond acceptors (Lipinski definition) is 2. The summed E-state index contributed by atoms with van der Waals surface area (Å²) in [7, 11) is 0. The Balaban J connectivity index is 1.50. The summed E-state index contributed by atoms with van der Waals surface area (Å²) in [6.45, 7) is 5.06. The number of rotatable bonds is 6. The van der Waals surface area contributed by atoms with Gasteiger partial charge >= 0.3 is 6.18 Å². The van der Waals surface area contributed by atoms with Crippen molar-refractivity contribution in [3.8, 4) is 44.8 Å². The van der Waals surface area contributed by atoms with Crippen molar-refractivity contribution >= 4 is 27.5 Å². The Morgan fingerprint density at radius 3 is 1.48 bits per heavy atom. The first kappa shape index (κ1) is 29.0. The van der Waals surface area contributed by atoms with E-state index in [9.17, 15) is 13.2 Å². The average Bonchev–Trinajstić information content (AvgIpc) is 3.41. The Morgan fingerprint density at radius 1 is 0.609 bits per heavy atom. The van der Waals surface area contributed by atoms with Gasteiger partial charge in [0.05, 0.1) is 33.7 Å². The molecule has 6 heteroatoms. The van der Waals surface area contributed by atoms with E-state index in [1.165, 1.54) is 6.08 Å². The molecule has 3 heterocycles. The molecule has 46 heavy (non-hydrogen) atoms. The number of allylic oxidation sites excluding steroid dienone is 3. The van der Waals surface area contributed by atoms with Crippen molar-refractivity contribution in [1.82, 2.24) is 14.5 Å². The smallest absolute Gasteiger partial charge is 0.309 e. The van der Waals surface area contributed by atoms with Crippen LogP contribution >= 0.6 is 0 Å². The van der Waals surface area contributed by atoms with Gasteiger partial charge in [0.1, 0.15) is 0 Å². The quantitative estimate of drug-likeness (QED) is 0.176. The molecule has 0 atom stereocenters. The predicted octanol–water partition coefficient (Wildman–Crippen LogP) is 11.2. The van der Waals surface area contributed by atoms with Crippen LogP contribution in [-0.4, -0.2) is 20.7 Å². The predicted molar refractivity (Wildman–Crippen MR) is 182 cm³/mol. The van der Waals surface area contributed by atoms with Crippen molar-refractivity contribution in [2.45, 2.75) is 13.1 Å². The zero-order chi connectivity index (χ0) is 31.8. The molecule has 0 radical (unpaired) electrons. The number of halogens is 3. The minimum atomic E-state index is -4.59. The van der Waals surface area contributed by atoms with E-state index >= 15 is 0 Å². The lowest BCUT2D eigenvalue weighted by atomic mass is 9.96. The standard InChI is InChI=1S/C40H28F3N3/c1-3-35(26(2)40(41,42)43)46-36-20-18-29(31-16-10-22-44-38(31)27-12-6-4-7-13-27)24-33(36)34-25-30(19-21-37(34)46)32-17-11-23-45-39(32)28-14-8-5-9-15-28/h3-25H,2H2,1H3/b35-3+. The van der Waals surface area contributed by atoms with E-state index in [2.05, 4.69) is 6.58 Å². The Hall–Kier alpha value is -5.75. The van der Waals surface area contributed by atoms with Crippen molar-refractivity contribution in [3.05, 3.63) is 152 Å². The lowest BCUT2D eigenvalue weighted by Crippen LogP contribution is -2.15. The van der Waals surface area contributed by atoms with Gasteiger partial charge in [-0.2, -0.15) is 13.2 Å². The lowest BCUT2D eigenvalue weighted by Gasteiger charge is -2.17. The van der Waals surface area contributed by atoms with E-state index < -0.39 is 11.7 Å². The molecule has 0 aliphatic heterocycles. The van der Waals surface area contributed by atoms with Crippen LogP contribution in [0.5, 0.6) is 0 Å². The number of pyridine rings is 2. The molecule has 7 rings (SSSR count). The molecular formula is C40H28F3N3. The maximum atomic E-state index is 14.1. The summed E-state index contributed by atoms with van der Waals surface area (Å²) in [6, 6.07) is 39.5. The van der Waals surface area contributed by atoms with Gasteiger partial charge in [-0.25, -0.2) is 0 Å². The zero-order valence-electron chi connectivity index (χ0n) is 25.0. The Labute approximate surface area is 264 Å². The van der Waals surface area contributed by atoms with Crippen LogP contribution in [0.3, 0.4) is 0 Å². The molecule has 0 amide bonds. The average molecular weight is 608 g/mol. The van der Waals surface area contributed by atoms with Gasteiger partial charge < -0.3 is 4.57 Å². The second-order valence-corrected chi connectivity index (χ2v) is 11.0. The summed E-state index contributed by atoms with van der Waals surface area (Å²) in [5.74, 6) is 0. The first-order chi connectivity index (χ1) is 22.3. The fourth-order valence-electron chi connectivity index (χ4n) is 6.13. The highest BCUT2D eigenvalue weighted by Crippen LogP contribution is 2.42. The van der Waals surface area contributed by atoms with E-state index in [1.54, 1.807) is 23.9 Å². The second-order valence-electron chi connectivity index (χ2n) is 11.0. The molecule has 0 aliphatic carbocycles. The second kappa shape index (κ2) is 11.6. The van der Waals surface area contributed by atoms with Gasteiger partial charge in [-0.15, -0.1) is 0 Å². The number of alkyl halides is 3. The van der Waals surface area contributed by atoms with Crippen molar-refractivity contribution in [2.75, 3.05) is 0 Å².